The first kappa shape index (κ1) is 21.4. The Morgan fingerprint density at radius 1 is 0.964 bits per heavy atom. The van der Waals surface area contributed by atoms with Gasteiger partial charge in [0.05, 0.1) is 0 Å². The van der Waals surface area contributed by atoms with Crippen molar-refractivity contribution in [1.82, 2.24) is 0 Å². The molecule has 148 valence electrons. The molecule has 2 aromatic carbocycles. The van der Waals surface area contributed by atoms with Crippen LogP contribution in [0.2, 0.25) is 0 Å². The third kappa shape index (κ3) is 5.78. The molecule has 0 saturated carbocycles. The van der Waals surface area contributed by atoms with Crippen molar-refractivity contribution >= 4 is 29.0 Å². The minimum absolute atomic E-state index is 0.0356. The molecule has 0 aliphatic rings. The highest BCUT2D eigenvalue weighted by molar-refractivity contribution is 5.97. The van der Waals surface area contributed by atoms with Crippen molar-refractivity contribution in [3.8, 4) is 0 Å². The smallest absolute Gasteiger partial charge is 0.226 e. The van der Waals surface area contributed by atoms with Crippen LogP contribution in [-0.2, 0) is 15.0 Å². The van der Waals surface area contributed by atoms with Gasteiger partial charge in [-0.1, -0.05) is 45.0 Å². The van der Waals surface area contributed by atoms with Gasteiger partial charge in [0.15, 0.2) is 5.78 Å². The number of benzene rings is 2. The number of hydrogen-bond donors (Lipinski definition) is 1. The molecule has 0 aromatic heterocycles. The molecule has 0 radical (unpaired) electrons. The van der Waals surface area contributed by atoms with Crippen molar-refractivity contribution in [2.75, 3.05) is 16.8 Å². The summed E-state index contributed by atoms with van der Waals surface area (Å²) in [6, 6.07) is 14.7. The lowest BCUT2D eigenvalue weighted by Gasteiger charge is -2.23. The lowest BCUT2D eigenvalue weighted by atomic mass is 9.87. The SMILES string of the molecule is CC(=O)c1cccc(NC(=O)CCN(C(C)=O)c2ccc(C(C)(C)C)cc2)c1. The average molecular weight is 380 g/mol. The molecule has 0 fully saturated rings. The fourth-order valence-corrected chi connectivity index (χ4v) is 2.86. The fourth-order valence-electron chi connectivity index (χ4n) is 2.86. The van der Waals surface area contributed by atoms with Crippen LogP contribution in [0.1, 0.15) is 57.0 Å². The maximum Gasteiger partial charge on any atom is 0.226 e. The molecule has 0 saturated heterocycles. The summed E-state index contributed by atoms with van der Waals surface area (Å²) in [5.74, 6) is -0.384. The van der Waals surface area contributed by atoms with E-state index in [0.29, 0.717) is 11.3 Å². The summed E-state index contributed by atoms with van der Waals surface area (Å²) in [5.41, 5.74) is 3.10. The molecule has 0 heterocycles. The summed E-state index contributed by atoms with van der Waals surface area (Å²) in [5, 5.41) is 2.78. The highest BCUT2D eigenvalue weighted by Gasteiger charge is 2.17. The van der Waals surface area contributed by atoms with E-state index in [0.717, 1.165) is 5.69 Å². The first-order valence-corrected chi connectivity index (χ1v) is 9.37. The molecule has 1 N–H and O–H groups in total. The zero-order valence-electron chi connectivity index (χ0n) is 17.2. The lowest BCUT2D eigenvalue weighted by Crippen LogP contribution is -2.32. The van der Waals surface area contributed by atoms with Gasteiger partial charge < -0.3 is 10.2 Å². The third-order valence-electron chi connectivity index (χ3n) is 4.54. The van der Waals surface area contributed by atoms with E-state index in [9.17, 15) is 14.4 Å². The van der Waals surface area contributed by atoms with Crippen molar-refractivity contribution in [2.24, 2.45) is 0 Å². The zero-order valence-corrected chi connectivity index (χ0v) is 17.2. The molecule has 2 aromatic rings. The number of rotatable bonds is 6. The number of nitrogens with one attached hydrogen (secondary N) is 1. The van der Waals surface area contributed by atoms with Gasteiger partial charge >= 0.3 is 0 Å². The van der Waals surface area contributed by atoms with Crippen molar-refractivity contribution < 1.29 is 14.4 Å². The van der Waals surface area contributed by atoms with E-state index in [1.165, 1.54) is 19.4 Å². The van der Waals surface area contributed by atoms with Crippen LogP contribution < -0.4 is 10.2 Å². The number of amides is 2. The first-order valence-electron chi connectivity index (χ1n) is 9.37. The highest BCUT2D eigenvalue weighted by atomic mass is 16.2. The van der Waals surface area contributed by atoms with Crippen LogP contribution in [0.5, 0.6) is 0 Å². The van der Waals surface area contributed by atoms with Gasteiger partial charge in [0.25, 0.3) is 0 Å². The maximum atomic E-state index is 12.3. The minimum atomic E-state index is -0.210. The maximum absolute atomic E-state index is 12.3. The van der Waals surface area contributed by atoms with Gasteiger partial charge in [-0.2, -0.15) is 0 Å². The Bertz CT molecular complexity index is 864. The van der Waals surface area contributed by atoms with Gasteiger partial charge in [-0.05, 0) is 42.2 Å². The van der Waals surface area contributed by atoms with Crippen molar-refractivity contribution in [1.29, 1.82) is 0 Å². The Morgan fingerprint density at radius 3 is 2.14 bits per heavy atom. The molecular formula is C23H28N2O3. The summed E-state index contributed by atoms with van der Waals surface area (Å²) in [4.78, 5) is 37.4. The van der Waals surface area contributed by atoms with Crippen LogP contribution in [0.4, 0.5) is 11.4 Å². The van der Waals surface area contributed by atoms with Crippen LogP contribution in [-0.4, -0.2) is 24.1 Å². The van der Waals surface area contributed by atoms with Crippen molar-refractivity contribution in [2.45, 2.75) is 46.5 Å². The van der Waals surface area contributed by atoms with Gasteiger partial charge in [0, 0.05) is 36.8 Å². The molecule has 5 heteroatoms. The van der Waals surface area contributed by atoms with E-state index in [-0.39, 0.29) is 36.0 Å². The van der Waals surface area contributed by atoms with E-state index in [1.54, 1.807) is 29.2 Å². The molecule has 2 amide bonds. The Kier molecular flexibility index (Phi) is 6.73. The van der Waals surface area contributed by atoms with E-state index in [2.05, 4.69) is 26.1 Å². The lowest BCUT2D eigenvalue weighted by molar-refractivity contribution is -0.117. The highest BCUT2D eigenvalue weighted by Crippen LogP contribution is 2.25. The quantitative estimate of drug-likeness (QED) is 0.747. The molecule has 0 aliphatic heterocycles. The Labute approximate surface area is 166 Å². The number of hydrogen-bond acceptors (Lipinski definition) is 3. The van der Waals surface area contributed by atoms with E-state index >= 15 is 0 Å². The summed E-state index contributed by atoms with van der Waals surface area (Å²) in [6.45, 7) is 9.66. The topological polar surface area (TPSA) is 66.5 Å². The number of carbonyl (C=O) groups is 3. The predicted octanol–water partition coefficient (Wildman–Crippen LogP) is 4.57. The van der Waals surface area contributed by atoms with E-state index in [1.807, 2.05) is 24.3 Å². The first-order chi connectivity index (χ1) is 13.1. The second-order valence-electron chi connectivity index (χ2n) is 7.90. The number of anilines is 2. The van der Waals surface area contributed by atoms with Gasteiger partial charge in [0.1, 0.15) is 0 Å². The van der Waals surface area contributed by atoms with Crippen LogP contribution >= 0.6 is 0 Å². The molecule has 0 spiro atoms. The Morgan fingerprint density at radius 2 is 1.61 bits per heavy atom. The molecule has 28 heavy (non-hydrogen) atoms. The number of ketones is 1. The normalized spacial score (nSPS) is 11.0. The molecule has 0 aliphatic carbocycles. The third-order valence-corrected chi connectivity index (χ3v) is 4.54. The summed E-state index contributed by atoms with van der Waals surface area (Å²) < 4.78 is 0. The van der Waals surface area contributed by atoms with Crippen molar-refractivity contribution in [3.63, 3.8) is 0 Å². The number of nitrogens with zero attached hydrogens (tertiary/aromatic N) is 1. The minimum Gasteiger partial charge on any atom is -0.326 e. The predicted molar refractivity (Wildman–Crippen MR) is 113 cm³/mol. The molecule has 0 bridgehead atoms. The van der Waals surface area contributed by atoms with E-state index < -0.39 is 0 Å². The second-order valence-corrected chi connectivity index (χ2v) is 7.90. The Hall–Kier alpha value is -2.95. The van der Waals surface area contributed by atoms with Crippen LogP contribution in [0.15, 0.2) is 48.5 Å². The number of Topliss-reactive ketones (excluding diaryl/α,β-unsaturated/α-hetero) is 1. The fraction of sp³-hybridized carbons (Fsp3) is 0.348. The largest absolute Gasteiger partial charge is 0.326 e. The van der Waals surface area contributed by atoms with Gasteiger partial charge in [-0.15, -0.1) is 0 Å². The zero-order chi connectivity index (χ0) is 20.9. The molecule has 0 atom stereocenters. The monoisotopic (exact) mass is 380 g/mol. The van der Waals surface area contributed by atoms with E-state index in [4.69, 9.17) is 0 Å². The summed E-state index contributed by atoms with van der Waals surface area (Å²) in [7, 11) is 0. The van der Waals surface area contributed by atoms with Gasteiger partial charge in [-0.25, -0.2) is 0 Å². The summed E-state index contributed by atoms with van der Waals surface area (Å²) >= 11 is 0. The number of carbonyl (C=O) groups excluding carboxylic acids is 3. The molecular weight excluding hydrogens is 352 g/mol. The standard InChI is InChI=1S/C23H28N2O3/c1-16(26)18-7-6-8-20(15-18)24-22(28)13-14-25(17(2)27)21-11-9-19(10-12-21)23(3,4)5/h6-12,15H,13-14H2,1-5H3,(H,24,28). The van der Waals surface area contributed by atoms with Crippen LogP contribution in [0.25, 0.3) is 0 Å². The second kappa shape index (κ2) is 8.83. The van der Waals surface area contributed by atoms with Gasteiger partial charge in [-0.3, -0.25) is 14.4 Å². The summed E-state index contributed by atoms with van der Waals surface area (Å²) in [6.07, 6.45) is 0.158. The molecule has 5 nitrogen and oxygen atoms in total. The van der Waals surface area contributed by atoms with Crippen LogP contribution in [0.3, 0.4) is 0 Å². The Balaban J connectivity index is 2.03. The molecule has 2 rings (SSSR count). The van der Waals surface area contributed by atoms with Gasteiger partial charge in [0.2, 0.25) is 11.8 Å². The molecule has 0 unspecified atom stereocenters. The average Bonchev–Trinajstić information content (AvgIpc) is 2.61. The van der Waals surface area contributed by atoms with Crippen LogP contribution in [0, 0.1) is 0 Å². The van der Waals surface area contributed by atoms with Crippen molar-refractivity contribution in [3.05, 3.63) is 59.7 Å².